The Labute approximate surface area is 137 Å². The Bertz CT molecular complexity index is 552. The lowest BCUT2D eigenvalue weighted by Crippen LogP contribution is -2.47. The highest BCUT2D eigenvalue weighted by Crippen LogP contribution is 2.21. The minimum atomic E-state index is -0.0655. The monoisotopic (exact) mass is 319 g/mol. The van der Waals surface area contributed by atoms with Crippen LogP contribution in [0, 0.1) is 5.92 Å². The van der Waals surface area contributed by atoms with Gasteiger partial charge in [-0.15, -0.1) is 0 Å². The van der Waals surface area contributed by atoms with Crippen LogP contribution in [-0.2, 0) is 4.79 Å². The SMILES string of the molecule is COc1cccc(NC(=O)C2CCN(C(=O)NC(C)C)CC2)c1. The predicted molar refractivity (Wildman–Crippen MR) is 89.6 cm³/mol. The van der Waals surface area contributed by atoms with E-state index < -0.39 is 0 Å². The number of nitrogens with zero attached hydrogens (tertiary/aromatic N) is 1. The Morgan fingerprint density at radius 2 is 1.96 bits per heavy atom. The fraction of sp³-hybridized carbons (Fsp3) is 0.529. The summed E-state index contributed by atoms with van der Waals surface area (Å²) in [5, 5.41) is 5.81. The summed E-state index contributed by atoms with van der Waals surface area (Å²) < 4.78 is 5.15. The minimum absolute atomic E-state index is 0.00201. The van der Waals surface area contributed by atoms with Crippen LogP contribution in [0.5, 0.6) is 5.75 Å². The number of piperidine rings is 1. The summed E-state index contributed by atoms with van der Waals surface area (Å²) in [5.41, 5.74) is 0.731. The summed E-state index contributed by atoms with van der Waals surface area (Å²) in [7, 11) is 1.60. The van der Waals surface area contributed by atoms with Gasteiger partial charge < -0.3 is 20.3 Å². The van der Waals surface area contributed by atoms with Crippen LogP contribution >= 0.6 is 0 Å². The molecule has 0 unspecified atom stereocenters. The van der Waals surface area contributed by atoms with Crippen LogP contribution in [0.15, 0.2) is 24.3 Å². The molecule has 3 amide bonds. The van der Waals surface area contributed by atoms with Gasteiger partial charge in [0.1, 0.15) is 5.75 Å². The Kier molecular flexibility index (Phi) is 5.84. The Morgan fingerprint density at radius 1 is 1.26 bits per heavy atom. The summed E-state index contributed by atoms with van der Waals surface area (Å²) in [6, 6.07) is 7.38. The van der Waals surface area contributed by atoms with E-state index in [9.17, 15) is 9.59 Å². The lowest BCUT2D eigenvalue weighted by molar-refractivity contribution is -0.121. The summed E-state index contributed by atoms with van der Waals surface area (Å²) in [6.45, 7) is 5.09. The summed E-state index contributed by atoms with van der Waals surface area (Å²) >= 11 is 0. The molecule has 0 spiro atoms. The van der Waals surface area contributed by atoms with E-state index in [0.717, 1.165) is 5.69 Å². The zero-order valence-corrected chi connectivity index (χ0v) is 14.0. The second-order valence-corrected chi connectivity index (χ2v) is 6.09. The van der Waals surface area contributed by atoms with Crippen molar-refractivity contribution in [3.8, 4) is 5.75 Å². The smallest absolute Gasteiger partial charge is 0.317 e. The molecule has 0 aliphatic carbocycles. The zero-order valence-electron chi connectivity index (χ0n) is 14.0. The molecule has 6 nitrogen and oxygen atoms in total. The zero-order chi connectivity index (χ0) is 16.8. The molecule has 1 fully saturated rings. The van der Waals surface area contributed by atoms with Crippen molar-refractivity contribution in [3.63, 3.8) is 0 Å². The van der Waals surface area contributed by atoms with Crippen LogP contribution < -0.4 is 15.4 Å². The van der Waals surface area contributed by atoms with Gasteiger partial charge in [-0.25, -0.2) is 4.79 Å². The molecule has 1 aliphatic rings. The molecule has 1 saturated heterocycles. The van der Waals surface area contributed by atoms with Gasteiger partial charge in [0.25, 0.3) is 0 Å². The molecule has 23 heavy (non-hydrogen) atoms. The number of hydrogen-bond acceptors (Lipinski definition) is 3. The fourth-order valence-corrected chi connectivity index (χ4v) is 2.63. The van der Waals surface area contributed by atoms with Gasteiger partial charge in [-0.3, -0.25) is 4.79 Å². The van der Waals surface area contributed by atoms with Crippen molar-refractivity contribution >= 4 is 17.6 Å². The second-order valence-electron chi connectivity index (χ2n) is 6.09. The van der Waals surface area contributed by atoms with Gasteiger partial charge in [0.05, 0.1) is 7.11 Å². The van der Waals surface area contributed by atoms with Crippen LogP contribution in [0.3, 0.4) is 0 Å². The maximum absolute atomic E-state index is 12.4. The largest absolute Gasteiger partial charge is 0.497 e. The topological polar surface area (TPSA) is 70.7 Å². The van der Waals surface area contributed by atoms with Gasteiger partial charge in [0.2, 0.25) is 5.91 Å². The number of rotatable bonds is 4. The first kappa shape index (κ1) is 17.1. The second kappa shape index (κ2) is 7.85. The Balaban J connectivity index is 1.84. The molecule has 1 aliphatic heterocycles. The number of ether oxygens (including phenoxy) is 1. The van der Waals surface area contributed by atoms with Gasteiger partial charge in [-0.1, -0.05) is 6.07 Å². The van der Waals surface area contributed by atoms with E-state index in [2.05, 4.69) is 10.6 Å². The summed E-state index contributed by atoms with van der Waals surface area (Å²) in [4.78, 5) is 26.1. The third-order valence-electron chi connectivity index (χ3n) is 3.90. The van der Waals surface area contributed by atoms with Crippen LogP contribution in [0.1, 0.15) is 26.7 Å². The van der Waals surface area contributed by atoms with E-state index in [0.29, 0.717) is 31.7 Å². The van der Waals surface area contributed by atoms with E-state index >= 15 is 0 Å². The highest BCUT2D eigenvalue weighted by molar-refractivity contribution is 5.92. The normalized spacial score (nSPS) is 15.4. The fourth-order valence-electron chi connectivity index (χ4n) is 2.63. The molecular weight excluding hydrogens is 294 g/mol. The maximum Gasteiger partial charge on any atom is 0.317 e. The standard InChI is InChI=1S/C17H25N3O3/c1-12(2)18-17(22)20-9-7-13(8-10-20)16(21)19-14-5-4-6-15(11-14)23-3/h4-6,11-13H,7-10H2,1-3H3,(H,18,22)(H,19,21). The number of methoxy groups -OCH3 is 1. The quantitative estimate of drug-likeness (QED) is 0.895. The molecule has 126 valence electrons. The molecule has 0 aromatic heterocycles. The Hall–Kier alpha value is -2.24. The molecular formula is C17H25N3O3. The highest BCUT2D eigenvalue weighted by atomic mass is 16.5. The van der Waals surface area contributed by atoms with Crippen LogP contribution in [0.4, 0.5) is 10.5 Å². The number of urea groups is 1. The van der Waals surface area contributed by atoms with Gasteiger partial charge in [-0.05, 0) is 38.8 Å². The number of hydrogen-bond donors (Lipinski definition) is 2. The molecule has 1 heterocycles. The predicted octanol–water partition coefficient (Wildman–Crippen LogP) is 2.46. The molecule has 0 saturated carbocycles. The van der Waals surface area contributed by atoms with Crippen LogP contribution in [0.25, 0.3) is 0 Å². The van der Waals surface area contributed by atoms with Crippen molar-refractivity contribution in [2.75, 3.05) is 25.5 Å². The van der Waals surface area contributed by atoms with Crippen molar-refractivity contribution in [2.45, 2.75) is 32.7 Å². The van der Waals surface area contributed by atoms with Crippen molar-refractivity contribution in [1.82, 2.24) is 10.2 Å². The number of nitrogens with one attached hydrogen (secondary N) is 2. The number of carbonyl (C=O) groups excluding carboxylic acids is 2. The van der Waals surface area contributed by atoms with E-state index in [-0.39, 0.29) is 23.9 Å². The number of amides is 3. The first-order chi connectivity index (χ1) is 11.0. The lowest BCUT2D eigenvalue weighted by Gasteiger charge is -2.32. The van der Waals surface area contributed by atoms with Gasteiger partial charge in [0, 0.05) is 36.8 Å². The van der Waals surface area contributed by atoms with Crippen molar-refractivity contribution in [3.05, 3.63) is 24.3 Å². The third-order valence-corrected chi connectivity index (χ3v) is 3.90. The molecule has 2 rings (SSSR count). The average molecular weight is 319 g/mol. The van der Waals surface area contributed by atoms with Gasteiger partial charge >= 0.3 is 6.03 Å². The van der Waals surface area contributed by atoms with Gasteiger partial charge in [-0.2, -0.15) is 0 Å². The Morgan fingerprint density at radius 3 is 2.57 bits per heavy atom. The average Bonchev–Trinajstić information content (AvgIpc) is 2.54. The number of benzene rings is 1. The third kappa shape index (κ3) is 4.87. The number of anilines is 1. The number of carbonyl (C=O) groups is 2. The number of likely N-dealkylation sites (tertiary alicyclic amines) is 1. The molecule has 0 bridgehead atoms. The lowest BCUT2D eigenvalue weighted by atomic mass is 9.96. The molecule has 6 heteroatoms. The molecule has 1 aromatic rings. The van der Waals surface area contributed by atoms with E-state index in [4.69, 9.17) is 4.74 Å². The molecule has 0 radical (unpaired) electrons. The van der Waals surface area contributed by atoms with E-state index in [1.54, 1.807) is 18.1 Å². The molecule has 0 atom stereocenters. The maximum atomic E-state index is 12.4. The van der Waals surface area contributed by atoms with Crippen LogP contribution in [-0.4, -0.2) is 43.1 Å². The van der Waals surface area contributed by atoms with Crippen molar-refractivity contribution in [1.29, 1.82) is 0 Å². The van der Waals surface area contributed by atoms with Crippen molar-refractivity contribution in [2.24, 2.45) is 5.92 Å². The summed E-state index contributed by atoms with van der Waals surface area (Å²) in [6.07, 6.45) is 1.36. The first-order valence-electron chi connectivity index (χ1n) is 8.00. The molecule has 2 N–H and O–H groups in total. The van der Waals surface area contributed by atoms with E-state index in [1.165, 1.54) is 0 Å². The van der Waals surface area contributed by atoms with E-state index in [1.807, 2.05) is 32.0 Å². The first-order valence-corrected chi connectivity index (χ1v) is 8.00. The minimum Gasteiger partial charge on any atom is -0.497 e. The van der Waals surface area contributed by atoms with Gasteiger partial charge in [0.15, 0.2) is 0 Å². The molecule has 1 aromatic carbocycles. The summed E-state index contributed by atoms with van der Waals surface area (Å²) in [5.74, 6) is 0.648. The highest BCUT2D eigenvalue weighted by Gasteiger charge is 2.27. The van der Waals surface area contributed by atoms with Crippen molar-refractivity contribution < 1.29 is 14.3 Å². The van der Waals surface area contributed by atoms with Crippen LogP contribution in [0.2, 0.25) is 0 Å².